The fourth-order valence-corrected chi connectivity index (χ4v) is 3.42. The van der Waals surface area contributed by atoms with Crippen molar-refractivity contribution in [1.29, 1.82) is 0 Å². The van der Waals surface area contributed by atoms with Gasteiger partial charge >= 0.3 is 0 Å². The van der Waals surface area contributed by atoms with Crippen molar-refractivity contribution in [3.8, 4) is 0 Å². The molecule has 2 aliphatic rings. The van der Waals surface area contributed by atoms with E-state index in [0.29, 0.717) is 17.7 Å². The molecule has 2 rings (SSSR count). The standard InChI is InChI=1S/C15H27NO2/c17-10-8-14-7-9-16(12-14)15(18)11-13-5-3-1-2-4-6-13/h13-14,17H,1-12H2. The Morgan fingerprint density at radius 2 is 1.78 bits per heavy atom. The summed E-state index contributed by atoms with van der Waals surface area (Å²) in [4.78, 5) is 14.3. The molecule has 3 nitrogen and oxygen atoms in total. The zero-order valence-corrected chi connectivity index (χ0v) is 11.4. The van der Waals surface area contributed by atoms with Gasteiger partial charge in [-0.15, -0.1) is 0 Å². The summed E-state index contributed by atoms with van der Waals surface area (Å²) in [7, 11) is 0. The maximum absolute atomic E-state index is 12.2. The molecule has 1 saturated heterocycles. The van der Waals surface area contributed by atoms with Gasteiger partial charge in [0.15, 0.2) is 0 Å². The third-order valence-corrected chi connectivity index (χ3v) is 4.61. The van der Waals surface area contributed by atoms with Crippen LogP contribution in [0.4, 0.5) is 0 Å². The van der Waals surface area contributed by atoms with Gasteiger partial charge in [0.25, 0.3) is 0 Å². The quantitative estimate of drug-likeness (QED) is 0.782. The Balaban J connectivity index is 1.74. The molecule has 0 aromatic carbocycles. The van der Waals surface area contributed by atoms with E-state index in [2.05, 4.69) is 0 Å². The first kappa shape index (κ1) is 13.9. The average molecular weight is 253 g/mol. The van der Waals surface area contributed by atoms with Crippen LogP contribution in [0.2, 0.25) is 0 Å². The topological polar surface area (TPSA) is 40.5 Å². The monoisotopic (exact) mass is 253 g/mol. The summed E-state index contributed by atoms with van der Waals surface area (Å²) >= 11 is 0. The van der Waals surface area contributed by atoms with E-state index >= 15 is 0 Å². The van der Waals surface area contributed by atoms with Crippen molar-refractivity contribution < 1.29 is 9.90 Å². The second-order valence-corrected chi connectivity index (χ2v) is 6.07. The van der Waals surface area contributed by atoms with Crippen molar-refractivity contribution in [3.05, 3.63) is 0 Å². The fourth-order valence-electron chi connectivity index (χ4n) is 3.42. The van der Waals surface area contributed by atoms with Crippen molar-refractivity contribution >= 4 is 5.91 Å². The van der Waals surface area contributed by atoms with Crippen LogP contribution in [0.1, 0.15) is 57.8 Å². The van der Waals surface area contributed by atoms with Crippen LogP contribution in [0.3, 0.4) is 0 Å². The van der Waals surface area contributed by atoms with Crippen LogP contribution in [0, 0.1) is 11.8 Å². The maximum Gasteiger partial charge on any atom is 0.222 e. The van der Waals surface area contributed by atoms with Crippen molar-refractivity contribution in [1.82, 2.24) is 4.90 Å². The molecule has 1 atom stereocenters. The first-order valence-electron chi connectivity index (χ1n) is 7.68. The van der Waals surface area contributed by atoms with E-state index in [9.17, 15) is 4.79 Å². The van der Waals surface area contributed by atoms with E-state index in [0.717, 1.165) is 32.4 Å². The number of nitrogens with zero attached hydrogens (tertiary/aromatic N) is 1. The zero-order valence-electron chi connectivity index (χ0n) is 11.4. The number of hydrogen-bond acceptors (Lipinski definition) is 2. The second kappa shape index (κ2) is 7.13. The molecule has 18 heavy (non-hydrogen) atoms. The highest BCUT2D eigenvalue weighted by Gasteiger charge is 2.27. The van der Waals surface area contributed by atoms with Gasteiger partial charge in [-0.05, 0) is 37.5 Å². The minimum atomic E-state index is 0.259. The van der Waals surface area contributed by atoms with Gasteiger partial charge in [0, 0.05) is 26.1 Å². The molecule has 1 heterocycles. The molecular weight excluding hydrogens is 226 g/mol. The molecule has 0 radical (unpaired) electrons. The van der Waals surface area contributed by atoms with Crippen molar-refractivity contribution in [2.45, 2.75) is 57.8 Å². The summed E-state index contributed by atoms with van der Waals surface area (Å²) < 4.78 is 0. The summed E-state index contributed by atoms with van der Waals surface area (Å²) in [5.74, 6) is 1.53. The van der Waals surface area contributed by atoms with E-state index in [1.807, 2.05) is 4.90 Å². The van der Waals surface area contributed by atoms with Gasteiger partial charge in [-0.3, -0.25) is 4.79 Å². The van der Waals surface area contributed by atoms with Gasteiger partial charge in [0.05, 0.1) is 0 Å². The summed E-state index contributed by atoms with van der Waals surface area (Å²) in [6.45, 7) is 2.05. The highest BCUT2D eigenvalue weighted by molar-refractivity contribution is 5.76. The van der Waals surface area contributed by atoms with Crippen molar-refractivity contribution in [2.75, 3.05) is 19.7 Å². The summed E-state index contributed by atoms with van der Waals surface area (Å²) in [6.07, 6.45) is 10.5. The number of likely N-dealkylation sites (tertiary alicyclic amines) is 1. The molecule has 0 aromatic rings. The number of rotatable bonds is 4. The average Bonchev–Trinajstić information content (AvgIpc) is 2.67. The van der Waals surface area contributed by atoms with Crippen LogP contribution in [0.5, 0.6) is 0 Å². The maximum atomic E-state index is 12.2. The molecule has 1 unspecified atom stereocenters. The predicted molar refractivity (Wildman–Crippen MR) is 72.2 cm³/mol. The van der Waals surface area contributed by atoms with Gasteiger partial charge in [0.2, 0.25) is 5.91 Å². The molecule has 1 aliphatic carbocycles. The van der Waals surface area contributed by atoms with E-state index in [1.54, 1.807) is 0 Å². The smallest absolute Gasteiger partial charge is 0.222 e. The lowest BCUT2D eigenvalue weighted by atomic mass is 9.96. The van der Waals surface area contributed by atoms with Gasteiger partial charge in [0.1, 0.15) is 0 Å². The van der Waals surface area contributed by atoms with E-state index < -0.39 is 0 Å². The number of amides is 1. The summed E-state index contributed by atoms with van der Waals surface area (Å²) in [5, 5.41) is 8.94. The third kappa shape index (κ3) is 3.98. The van der Waals surface area contributed by atoms with Gasteiger partial charge in [-0.2, -0.15) is 0 Å². The van der Waals surface area contributed by atoms with Crippen LogP contribution in [0.25, 0.3) is 0 Å². The van der Waals surface area contributed by atoms with Crippen LogP contribution in [-0.4, -0.2) is 35.6 Å². The van der Waals surface area contributed by atoms with E-state index in [1.165, 1.54) is 38.5 Å². The Hall–Kier alpha value is -0.570. The molecule has 3 heteroatoms. The number of carbonyl (C=O) groups is 1. The van der Waals surface area contributed by atoms with Gasteiger partial charge in [-0.1, -0.05) is 25.7 Å². The van der Waals surface area contributed by atoms with Crippen molar-refractivity contribution in [3.63, 3.8) is 0 Å². The molecular formula is C15H27NO2. The van der Waals surface area contributed by atoms with E-state index in [4.69, 9.17) is 5.11 Å². The molecule has 0 bridgehead atoms. The summed E-state index contributed by atoms with van der Waals surface area (Å²) in [6, 6.07) is 0. The highest BCUT2D eigenvalue weighted by atomic mass is 16.3. The lowest BCUT2D eigenvalue weighted by Gasteiger charge is -2.20. The zero-order chi connectivity index (χ0) is 12.8. The minimum absolute atomic E-state index is 0.259. The SMILES string of the molecule is O=C(CC1CCCCCC1)N1CCC(CCO)C1. The molecule has 1 amide bonds. The summed E-state index contributed by atoms with van der Waals surface area (Å²) in [5.41, 5.74) is 0. The normalized spacial score (nSPS) is 26.3. The first-order chi connectivity index (χ1) is 8.79. The predicted octanol–water partition coefficient (Wildman–Crippen LogP) is 2.58. The largest absolute Gasteiger partial charge is 0.396 e. The Bertz CT molecular complexity index is 259. The van der Waals surface area contributed by atoms with Crippen LogP contribution in [0.15, 0.2) is 0 Å². The van der Waals surface area contributed by atoms with Crippen molar-refractivity contribution in [2.24, 2.45) is 11.8 Å². The molecule has 2 fully saturated rings. The number of hydrogen-bond donors (Lipinski definition) is 1. The molecule has 1 saturated carbocycles. The Kier molecular flexibility index (Phi) is 5.48. The third-order valence-electron chi connectivity index (χ3n) is 4.61. The first-order valence-corrected chi connectivity index (χ1v) is 7.68. The van der Waals surface area contributed by atoms with Crippen LogP contribution < -0.4 is 0 Å². The van der Waals surface area contributed by atoms with Crippen LogP contribution in [-0.2, 0) is 4.79 Å². The fraction of sp³-hybridized carbons (Fsp3) is 0.933. The second-order valence-electron chi connectivity index (χ2n) is 6.07. The minimum Gasteiger partial charge on any atom is -0.396 e. The lowest BCUT2D eigenvalue weighted by molar-refractivity contribution is -0.131. The molecule has 0 aromatic heterocycles. The molecule has 1 N–H and O–H groups in total. The number of carbonyl (C=O) groups excluding carboxylic acids is 1. The Morgan fingerprint density at radius 3 is 2.44 bits per heavy atom. The Labute approximate surface area is 111 Å². The van der Waals surface area contributed by atoms with Gasteiger partial charge < -0.3 is 10.0 Å². The molecule has 104 valence electrons. The molecule has 1 aliphatic heterocycles. The molecule has 0 spiro atoms. The van der Waals surface area contributed by atoms with Crippen LogP contribution >= 0.6 is 0 Å². The van der Waals surface area contributed by atoms with Gasteiger partial charge in [-0.25, -0.2) is 0 Å². The number of aliphatic hydroxyl groups excluding tert-OH is 1. The van der Waals surface area contributed by atoms with E-state index in [-0.39, 0.29) is 6.61 Å². The number of aliphatic hydroxyl groups is 1. The lowest BCUT2D eigenvalue weighted by Crippen LogP contribution is -2.30. The highest BCUT2D eigenvalue weighted by Crippen LogP contribution is 2.27. The Morgan fingerprint density at radius 1 is 1.06 bits per heavy atom.